The van der Waals surface area contributed by atoms with Gasteiger partial charge in [0.1, 0.15) is 5.69 Å². The average molecular weight is 303 g/mol. The van der Waals surface area contributed by atoms with Gasteiger partial charge in [-0.05, 0) is 35.9 Å². The standard InChI is InChI=1S/C15H13NO2S2/c1-2-18-15(17)14-10(12-5-3-7-19-12)9-11(16-14)13-6-4-8-20-13/h3-9,16H,2H2,1H3. The quantitative estimate of drug-likeness (QED) is 0.713. The molecule has 0 bridgehead atoms. The normalized spacial score (nSPS) is 10.7. The molecule has 3 heterocycles. The van der Waals surface area contributed by atoms with E-state index in [2.05, 4.69) is 4.98 Å². The highest BCUT2D eigenvalue weighted by Crippen LogP contribution is 2.34. The molecule has 0 spiro atoms. The zero-order valence-corrected chi connectivity index (χ0v) is 12.5. The topological polar surface area (TPSA) is 42.1 Å². The number of carbonyl (C=O) groups is 1. The zero-order chi connectivity index (χ0) is 13.9. The van der Waals surface area contributed by atoms with E-state index in [1.54, 1.807) is 22.7 Å². The second kappa shape index (κ2) is 5.64. The Labute approximate surface area is 124 Å². The first-order chi connectivity index (χ1) is 9.79. The molecule has 0 aliphatic rings. The molecule has 0 atom stereocenters. The van der Waals surface area contributed by atoms with Crippen molar-refractivity contribution in [2.75, 3.05) is 6.61 Å². The number of aromatic nitrogens is 1. The average Bonchev–Trinajstić information content (AvgIpc) is 3.19. The summed E-state index contributed by atoms with van der Waals surface area (Å²) in [4.78, 5) is 17.5. The number of hydrogen-bond donors (Lipinski definition) is 1. The molecule has 0 aromatic carbocycles. The Morgan fingerprint density at radius 2 is 1.90 bits per heavy atom. The molecule has 1 N–H and O–H groups in total. The van der Waals surface area contributed by atoms with Gasteiger partial charge in [-0.15, -0.1) is 22.7 Å². The van der Waals surface area contributed by atoms with Gasteiger partial charge in [-0.25, -0.2) is 4.79 Å². The molecule has 0 fully saturated rings. The van der Waals surface area contributed by atoms with Crippen molar-refractivity contribution in [1.82, 2.24) is 4.98 Å². The summed E-state index contributed by atoms with van der Waals surface area (Å²) < 4.78 is 5.14. The van der Waals surface area contributed by atoms with Crippen LogP contribution in [-0.2, 0) is 4.74 Å². The van der Waals surface area contributed by atoms with E-state index in [0.29, 0.717) is 12.3 Å². The maximum atomic E-state index is 12.1. The number of hydrogen-bond acceptors (Lipinski definition) is 4. The van der Waals surface area contributed by atoms with E-state index in [-0.39, 0.29) is 5.97 Å². The van der Waals surface area contributed by atoms with E-state index >= 15 is 0 Å². The summed E-state index contributed by atoms with van der Waals surface area (Å²) in [6.07, 6.45) is 0. The number of carbonyl (C=O) groups excluding carboxylic acids is 1. The summed E-state index contributed by atoms with van der Waals surface area (Å²) in [5.41, 5.74) is 2.38. The fourth-order valence-electron chi connectivity index (χ4n) is 2.01. The molecule has 3 aromatic rings. The molecule has 0 saturated heterocycles. The molecule has 0 unspecified atom stereocenters. The van der Waals surface area contributed by atoms with Crippen molar-refractivity contribution >= 4 is 28.6 Å². The number of H-pyrrole nitrogens is 1. The molecule has 0 radical (unpaired) electrons. The van der Waals surface area contributed by atoms with Crippen LogP contribution < -0.4 is 0 Å². The van der Waals surface area contributed by atoms with Crippen molar-refractivity contribution in [3.63, 3.8) is 0 Å². The van der Waals surface area contributed by atoms with Gasteiger partial charge in [0.05, 0.1) is 17.2 Å². The highest BCUT2D eigenvalue weighted by atomic mass is 32.1. The second-order valence-corrected chi connectivity index (χ2v) is 6.04. The number of thiophene rings is 2. The smallest absolute Gasteiger partial charge is 0.355 e. The van der Waals surface area contributed by atoms with E-state index in [1.807, 2.05) is 48.0 Å². The first kappa shape index (κ1) is 13.1. The van der Waals surface area contributed by atoms with Crippen LogP contribution in [0.15, 0.2) is 41.1 Å². The van der Waals surface area contributed by atoms with Gasteiger partial charge >= 0.3 is 5.97 Å². The van der Waals surface area contributed by atoms with Crippen LogP contribution in [0.25, 0.3) is 21.0 Å². The van der Waals surface area contributed by atoms with Gasteiger partial charge < -0.3 is 9.72 Å². The third kappa shape index (κ3) is 2.42. The number of rotatable bonds is 4. The van der Waals surface area contributed by atoms with Crippen LogP contribution in [0.4, 0.5) is 0 Å². The van der Waals surface area contributed by atoms with Crippen molar-refractivity contribution in [2.45, 2.75) is 6.92 Å². The summed E-state index contributed by atoms with van der Waals surface area (Å²) in [5, 5.41) is 4.02. The van der Waals surface area contributed by atoms with Gasteiger partial charge in [0.25, 0.3) is 0 Å². The van der Waals surface area contributed by atoms with Crippen molar-refractivity contribution in [3.8, 4) is 21.0 Å². The van der Waals surface area contributed by atoms with E-state index < -0.39 is 0 Å². The number of nitrogens with one attached hydrogen (secondary N) is 1. The van der Waals surface area contributed by atoms with E-state index in [1.165, 1.54) is 0 Å². The molecular formula is C15H13NO2S2. The predicted molar refractivity (Wildman–Crippen MR) is 83.4 cm³/mol. The lowest BCUT2D eigenvalue weighted by Gasteiger charge is -2.01. The van der Waals surface area contributed by atoms with Crippen LogP contribution >= 0.6 is 22.7 Å². The molecule has 0 saturated carbocycles. The first-order valence-corrected chi connectivity index (χ1v) is 8.03. The molecule has 0 aliphatic carbocycles. The monoisotopic (exact) mass is 303 g/mol. The van der Waals surface area contributed by atoms with Crippen LogP contribution in [0.2, 0.25) is 0 Å². The molecular weight excluding hydrogens is 290 g/mol. The van der Waals surface area contributed by atoms with Crippen LogP contribution in [0.1, 0.15) is 17.4 Å². The summed E-state index contributed by atoms with van der Waals surface area (Å²) >= 11 is 3.25. The Kier molecular flexibility index (Phi) is 3.71. The number of aromatic amines is 1. The van der Waals surface area contributed by atoms with Crippen molar-refractivity contribution in [2.24, 2.45) is 0 Å². The lowest BCUT2D eigenvalue weighted by molar-refractivity contribution is 0.0521. The van der Waals surface area contributed by atoms with Gasteiger partial charge in [0.2, 0.25) is 0 Å². The SMILES string of the molecule is CCOC(=O)c1[nH]c(-c2cccs2)cc1-c1cccs1. The van der Waals surface area contributed by atoms with Gasteiger partial charge in [-0.2, -0.15) is 0 Å². The van der Waals surface area contributed by atoms with Gasteiger partial charge in [-0.1, -0.05) is 12.1 Å². The molecule has 102 valence electrons. The number of ether oxygens (including phenoxy) is 1. The van der Waals surface area contributed by atoms with Crippen LogP contribution in [0.5, 0.6) is 0 Å². The molecule has 0 amide bonds. The van der Waals surface area contributed by atoms with Crippen molar-refractivity contribution < 1.29 is 9.53 Å². The minimum Gasteiger partial charge on any atom is -0.461 e. The summed E-state index contributed by atoms with van der Waals surface area (Å²) in [5.74, 6) is -0.307. The molecule has 5 heteroatoms. The van der Waals surface area contributed by atoms with Crippen LogP contribution in [0.3, 0.4) is 0 Å². The van der Waals surface area contributed by atoms with Crippen LogP contribution in [-0.4, -0.2) is 17.6 Å². The number of esters is 1. The minimum absolute atomic E-state index is 0.307. The van der Waals surface area contributed by atoms with Crippen molar-refractivity contribution in [3.05, 3.63) is 46.8 Å². The Morgan fingerprint density at radius 1 is 1.20 bits per heavy atom. The highest BCUT2D eigenvalue weighted by molar-refractivity contribution is 7.14. The molecule has 20 heavy (non-hydrogen) atoms. The zero-order valence-electron chi connectivity index (χ0n) is 10.9. The van der Waals surface area contributed by atoms with Gasteiger partial charge in [0, 0.05) is 10.4 Å². The summed E-state index contributed by atoms with van der Waals surface area (Å²) in [6.45, 7) is 2.18. The van der Waals surface area contributed by atoms with E-state index in [9.17, 15) is 4.79 Å². The summed E-state index contributed by atoms with van der Waals surface area (Å²) in [6, 6.07) is 10.0. The van der Waals surface area contributed by atoms with E-state index in [0.717, 1.165) is 21.0 Å². The maximum Gasteiger partial charge on any atom is 0.355 e. The fraction of sp³-hybridized carbons (Fsp3) is 0.133. The molecule has 3 rings (SSSR count). The molecule has 3 aromatic heterocycles. The maximum absolute atomic E-state index is 12.1. The van der Waals surface area contributed by atoms with Gasteiger partial charge in [0.15, 0.2) is 0 Å². The first-order valence-electron chi connectivity index (χ1n) is 6.27. The Morgan fingerprint density at radius 3 is 2.50 bits per heavy atom. The Hall–Kier alpha value is -1.85. The van der Waals surface area contributed by atoms with Crippen LogP contribution in [0, 0.1) is 0 Å². The lowest BCUT2D eigenvalue weighted by Crippen LogP contribution is -2.06. The minimum atomic E-state index is -0.307. The van der Waals surface area contributed by atoms with Crippen molar-refractivity contribution in [1.29, 1.82) is 0 Å². The predicted octanol–water partition coefficient (Wildman–Crippen LogP) is 4.65. The lowest BCUT2D eigenvalue weighted by atomic mass is 10.2. The van der Waals surface area contributed by atoms with Gasteiger partial charge in [-0.3, -0.25) is 0 Å². The molecule has 0 aliphatic heterocycles. The Balaban J connectivity index is 2.09. The third-order valence-electron chi connectivity index (χ3n) is 2.87. The molecule has 3 nitrogen and oxygen atoms in total. The summed E-state index contributed by atoms with van der Waals surface area (Å²) in [7, 11) is 0. The highest BCUT2D eigenvalue weighted by Gasteiger charge is 2.19. The van der Waals surface area contributed by atoms with E-state index in [4.69, 9.17) is 4.74 Å². The fourth-order valence-corrected chi connectivity index (χ4v) is 3.46. The second-order valence-electron chi connectivity index (χ2n) is 4.15. The Bertz CT molecular complexity index is 696. The third-order valence-corrected chi connectivity index (χ3v) is 4.68. The largest absolute Gasteiger partial charge is 0.461 e.